The number of aromatic nitrogens is 5. The zero-order valence-electron chi connectivity index (χ0n) is 18.9. The molecule has 35 heavy (non-hydrogen) atoms. The van der Waals surface area contributed by atoms with Crippen LogP contribution in [0.25, 0.3) is 33.4 Å². The molecule has 0 fully saturated rings. The van der Waals surface area contributed by atoms with Gasteiger partial charge in [0.25, 0.3) is 0 Å². The number of nitrogen functional groups attached to an aromatic ring is 1. The third-order valence-electron chi connectivity index (χ3n) is 5.68. The van der Waals surface area contributed by atoms with Crippen molar-refractivity contribution < 1.29 is 8.78 Å². The first-order valence-corrected chi connectivity index (χ1v) is 10.7. The lowest BCUT2D eigenvalue weighted by Crippen LogP contribution is -2.23. The Labute approximate surface area is 199 Å². The minimum absolute atomic E-state index is 0.0366. The summed E-state index contributed by atoms with van der Waals surface area (Å²) < 4.78 is 28.9. The van der Waals surface area contributed by atoms with Gasteiger partial charge in [-0.25, -0.2) is 18.8 Å². The smallest absolute Gasteiger partial charge is 0.163 e. The van der Waals surface area contributed by atoms with Crippen molar-refractivity contribution in [1.29, 1.82) is 0 Å². The number of anilines is 2. The van der Waals surface area contributed by atoms with Gasteiger partial charge in [-0.15, -0.1) is 10.2 Å². The number of benzene rings is 2. The van der Waals surface area contributed by atoms with Crippen LogP contribution in [0.1, 0.15) is 6.92 Å². The average molecular weight is 470 g/mol. The van der Waals surface area contributed by atoms with Gasteiger partial charge in [0.2, 0.25) is 0 Å². The largest absolute Gasteiger partial charge is 0.384 e. The molecule has 174 valence electrons. The monoisotopic (exact) mass is 470 g/mol. The maximum atomic E-state index is 14.7. The first-order valence-electron chi connectivity index (χ1n) is 10.7. The molecule has 3 N–H and O–H groups in total. The van der Waals surface area contributed by atoms with E-state index in [4.69, 9.17) is 10.7 Å². The molecule has 5 aromatic rings. The van der Waals surface area contributed by atoms with Crippen LogP contribution in [0.3, 0.4) is 0 Å². The first-order chi connectivity index (χ1) is 16.9. The second-order valence-corrected chi connectivity index (χ2v) is 7.84. The van der Waals surface area contributed by atoms with Crippen LogP contribution in [-0.2, 0) is 0 Å². The topological polar surface area (TPSA) is 109 Å². The predicted molar refractivity (Wildman–Crippen MR) is 132 cm³/mol. The Morgan fingerprint density at radius 1 is 0.971 bits per heavy atom. The molecule has 0 amide bonds. The van der Waals surface area contributed by atoms with Crippen molar-refractivity contribution in [2.45, 2.75) is 6.92 Å². The van der Waals surface area contributed by atoms with Crippen LogP contribution >= 0.6 is 0 Å². The molecule has 0 radical (unpaired) electrons. The van der Waals surface area contributed by atoms with E-state index in [1.54, 1.807) is 37.2 Å². The Hall–Kier alpha value is -4.73. The van der Waals surface area contributed by atoms with E-state index < -0.39 is 11.6 Å². The molecular weight excluding hydrogens is 450 g/mol. The summed E-state index contributed by atoms with van der Waals surface area (Å²) in [6.45, 7) is 1.78. The summed E-state index contributed by atoms with van der Waals surface area (Å²) in [5.74, 6) is 0.337. The van der Waals surface area contributed by atoms with E-state index in [0.717, 1.165) is 23.3 Å². The molecule has 0 aliphatic carbocycles. The fourth-order valence-corrected chi connectivity index (χ4v) is 3.85. The lowest BCUT2D eigenvalue weighted by atomic mass is 10.0. The summed E-state index contributed by atoms with van der Waals surface area (Å²) in [5.41, 5.74) is 9.37. The number of hydrogen-bond donors (Lipinski definition) is 2. The van der Waals surface area contributed by atoms with Gasteiger partial charge in [0, 0.05) is 25.0 Å². The molecule has 3 heterocycles. The lowest BCUT2D eigenvalue weighted by molar-refractivity contribution is 0.615. The maximum Gasteiger partial charge on any atom is 0.163 e. The number of hydrogen-bond acceptors (Lipinski definition) is 6. The molecular formula is C25H20F2N8. The highest BCUT2D eigenvalue weighted by Gasteiger charge is 2.17. The van der Waals surface area contributed by atoms with Gasteiger partial charge < -0.3 is 15.6 Å². The Morgan fingerprint density at radius 3 is 2.51 bits per heavy atom. The molecule has 0 atom stereocenters. The van der Waals surface area contributed by atoms with Crippen LogP contribution < -0.4 is 10.6 Å². The molecule has 0 spiro atoms. The van der Waals surface area contributed by atoms with Gasteiger partial charge in [0.05, 0.1) is 16.8 Å². The number of nitrogens with one attached hydrogen (secondary N) is 1. The van der Waals surface area contributed by atoms with E-state index in [2.05, 4.69) is 25.1 Å². The summed E-state index contributed by atoms with van der Waals surface area (Å²) in [6, 6.07) is 13.1. The maximum absolute atomic E-state index is 14.7. The van der Waals surface area contributed by atoms with E-state index in [9.17, 15) is 8.78 Å². The SMILES string of the molecule is C/C(=N/c1ccc(-c2ccnc(N)c2)cc1-c1nnc[nH]1)N(C)c1ccnc2c(F)ccc(F)c12. The second-order valence-electron chi connectivity index (χ2n) is 7.84. The number of rotatable bonds is 4. The van der Waals surface area contributed by atoms with Crippen molar-refractivity contribution in [3.63, 3.8) is 0 Å². The molecule has 0 unspecified atom stereocenters. The van der Waals surface area contributed by atoms with Crippen LogP contribution in [0.5, 0.6) is 0 Å². The van der Waals surface area contributed by atoms with E-state index in [1.165, 1.54) is 12.5 Å². The zero-order valence-corrected chi connectivity index (χ0v) is 18.9. The second kappa shape index (κ2) is 8.90. The first kappa shape index (κ1) is 22.1. The number of amidine groups is 1. The summed E-state index contributed by atoms with van der Waals surface area (Å²) in [7, 11) is 1.74. The van der Waals surface area contributed by atoms with Crippen molar-refractivity contribution in [1.82, 2.24) is 25.1 Å². The minimum atomic E-state index is -0.591. The van der Waals surface area contributed by atoms with Gasteiger partial charge in [0.15, 0.2) is 5.82 Å². The number of aromatic amines is 1. The van der Waals surface area contributed by atoms with Crippen LogP contribution in [0, 0.1) is 11.6 Å². The summed E-state index contributed by atoms with van der Waals surface area (Å²) in [5, 5.41) is 8.13. The number of halogens is 2. The molecule has 8 nitrogen and oxygen atoms in total. The number of H-pyrrole nitrogens is 1. The molecule has 3 aromatic heterocycles. The van der Waals surface area contributed by atoms with Gasteiger partial charge >= 0.3 is 0 Å². The van der Waals surface area contributed by atoms with Crippen LogP contribution in [0.4, 0.5) is 26.0 Å². The van der Waals surface area contributed by atoms with Crippen molar-refractivity contribution in [3.05, 3.63) is 78.9 Å². The molecule has 2 aromatic carbocycles. The van der Waals surface area contributed by atoms with E-state index >= 15 is 0 Å². The number of nitrogens with two attached hydrogens (primary N) is 1. The Balaban J connectivity index is 1.60. The lowest BCUT2D eigenvalue weighted by Gasteiger charge is -2.21. The molecule has 0 bridgehead atoms. The van der Waals surface area contributed by atoms with Crippen LogP contribution in [0.15, 0.2) is 72.2 Å². The average Bonchev–Trinajstić information content (AvgIpc) is 3.40. The fourth-order valence-electron chi connectivity index (χ4n) is 3.85. The molecule has 0 saturated heterocycles. The van der Waals surface area contributed by atoms with Crippen molar-refractivity contribution in [2.75, 3.05) is 17.7 Å². The molecule has 10 heteroatoms. The zero-order chi connectivity index (χ0) is 24.5. The number of aliphatic imine (C=N–C) groups is 1. The van der Waals surface area contributed by atoms with E-state index in [-0.39, 0.29) is 10.9 Å². The number of fused-ring (bicyclic) bond motifs is 1. The van der Waals surface area contributed by atoms with Gasteiger partial charge in [-0.05, 0) is 60.5 Å². The summed E-state index contributed by atoms with van der Waals surface area (Å²) in [6.07, 6.45) is 4.57. The Morgan fingerprint density at radius 2 is 1.74 bits per heavy atom. The van der Waals surface area contributed by atoms with Crippen molar-refractivity contribution in [2.24, 2.45) is 4.99 Å². The standard InChI is InChI=1S/C25H20F2N8/c1-14(35(2)21-8-10-30-24-19(27)5-4-18(26)23(21)24)33-20-6-3-15(16-7-9-29-22(28)12-16)11-17(20)25-31-13-32-34-25/h3-13H,1-2H3,(H2,28,29)(H,31,32,34)/b33-14-. The molecule has 0 aliphatic rings. The predicted octanol–water partition coefficient (Wildman–Crippen LogP) is 5.13. The minimum Gasteiger partial charge on any atom is -0.384 e. The summed E-state index contributed by atoms with van der Waals surface area (Å²) in [4.78, 5) is 17.5. The molecule has 0 aliphatic heterocycles. The number of nitrogens with zero attached hydrogens (tertiary/aromatic N) is 6. The van der Waals surface area contributed by atoms with Gasteiger partial charge in [-0.1, -0.05) is 6.07 Å². The fraction of sp³-hybridized carbons (Fsp3) is 0.0800. The van der Waals surface area contributed by atoms with E-state index in [1.807, 2.05) is 24.3 Å². The van der Waals surface area contributed by atoms with Gasteiger partial charge in [-0.3, -0.25) is 4.98 Å². The van der Waals surface area contributed by atoms with Crippen molar-refractivity contribution in [3.8, 4) is 22.5 Å². The Bertz CT molecular complexity index is 1560. The highest BCUT2D eigenvalue weighted by atomic mass is 19.1. The normalized spacial score (nSPS) is 11.7. The van der Waals surface area contributed by atoms with Gasteiger partial charge in [0.1, 0.15) is 35.1 Å². The van der Waals surface area contributed by atoms with Gasteiger partial charge in [-0.2, -0.15) is 0 Å². The highest BCUT2D eigenvalue weighted by Crippen LogP contribution is 2.34. The highest BCUT2D eigenvalue weighted by molar-refractivity contribution is 6.05. The number of pyridine rings is 2. The van der Waals surface area contributed by atoms with Crippen molar-refractivity contribution >= 4 is 33.9 Å². The quantitative estimate of drug-likeness (QED) is 0.278. The van der Waals surface area contributed by atoms with E-state index in [0.29, 0.717) is 34.4 Å². The Kier molecular flexibility index (Phi) is 5.61. The van der Waals surface area contributed by atoms with Crippen LogP contribution in [0.2, 0.25) is 0 Å². The third-order valence-corrected chi connectivity index (χ3v) is 5.68. The van der Waals surface area contributed by atoms with Crippen LogP contribution in [-0.4, -0.2) is 38.0 Å². The summed E-state index contributed by atoms with van der Waals surface area (Å²) >= 11 is 0. The third kappa shape index (κ3) is 4.17. The molecule has 0 saturated carbocycles. The molecule has 5 rings (SSSR count).